The summed E-state index contributed by atoms with van der Waals surface area (Å²) < 4.78 is 5.02. The number of hydrogen-bond acceptors (Lipinski definition) is 5. The van der Waals surface area contributed by atoms with E-state index in [1.807, 2.05) is 13.8 Å². The molecule has 0 aromatic heterocycles. The van der Waals surface area contributed by atoms with E-state index in [0.29, 0.717) is 17.9 Å². The zero-order valence-electron chi connectivity index (χ0n) is 13.9. The quantitative estimate of drug-likeness (QED) is 0.497. The van der Waals surface area contributed by atoms with Gasteiger partial charge in [-0.15, -0.1) is 0 Å². The summed E-state index contributed by atoms with van der Waals surface area (Å²) >= 11 is 0. The molecule has 0 aliphatic heterocycles. The molecule has 0 bridgehead atoms. The van der Waals surface area contributed by atoms with Gasteiger partial charge >= 0.3 is 5.97 Å². The molecule has 0 radical (unpaired) electrons. The summed E-state index contributed by atoms with van der Waals surface area (Å²) in [4.78, 5) is 23.3. The highest BCUT2D eigenvalue weighted by atomic mass is 16.5. The van der Waals surface area contributed by atoms with Crippen LogP contribution in [0.25, 0.3) is 0 Å². The zero-order valence-corrected chi connectivity index (χ0v) is 13.9. The van der Waals surface area contributed by atoms with Crippen LogP contribution in [-0.4, -0.2) is 30.1 Å². The van der Waals surface area contributed by atoms with E-state index >= 15 is 0 Å². The molecule has 0 fully saturated rings. The van der Waals surface area contributed by atoms with Crippen molar-refractivity contribution < 1.29 is 19.4 Å². The van der Waals surface area contributed by atoms with Gasteiger partial charge in [0, 0.05) is 11.9 Å². The Balaban J connectivity index is 2.77. The number of nitrogens with one attached hydrogen (secondary N) is 2. The Morgan fingerprint density at radius 2 is 1.96 bits per heavy atom. The van der Waals surface area contributed by atoms with Crippen molar-refractivity contribution in [1.82, 2.24) is 5.32 Å². The van der Waals surface area contributed by atoms with Crippen molar-refractivity contribution >= 4 is 17.6 Å². The minimum absolute atomic E-state index is 0.158. The van der Waals surface area contributed by atoms with Crippen LogP contribution in [0.3, 0.4) is 0 Å². The second-order valence-electron chi connectivity index (χ2n) is 5.54. The summed E-state index contributed by atoms with van der Waals surface area (Å²) in [7, 11) is 1.53. The number of methoxy groups -OCH3 is 1. The van der Waals surface area contributed by atoms with Gasteiger partial charge in [0.25, 0.3) is 5.91 Å². The molecule has 7 nitrogen and oxygen atoms in total. The van der Waals surface area contributed by atoms with Crippen LogP contribution in [-0.2, 0) is 9.59 Å². The molecule has 1 atom stereocenters. The van der Waals surface area contributed by atoms with Gasteiger partial charge in [0.05, 0.1) is 7.11 Å². The normalized spacial score (nSPS) is 12.2. The van der Waals surface area contributed by atoms with Gasteiger partial charge in [-0.2, -0.15) is 5.26 Å². The highest BCUT2D eigenvalue weighted by molar-refractivity contribution is 6.06. The first kappa shape index (κ1) is 19.0. The number of nitriles is 1. The van der Waals surface area contributed by atoms with Crippen LogP contribution in [0.15, 0.2) is 36.0 Å². The number of benzene rings is 1. The second kappa shape index (κ2) is 9.20. The van der Waals surface area contributed by atoms with Gasteiger partial charge in [-0.05, 0) is 36.6 Å². The molecule has 3 N–H and O–H groups in total. The summed E-state index contributed by atoms with van der Waals surface area (Å²) in [5.41, 5.74) is 0.291. The first-order valence-corrected chi connectivity index (χ1v) is 7.42. The fourth-order valence-electron chi connectivity index (χ4n) is 1.92. The maximum atomic E-state index is 12.1. The van der Waals surface area contributed by atoms with Crippen molar-refractivity contribution in [3.05, 3.63) is 36.0 Å². The number of carbonyl (C=O) groups excluding carboxylic acids is 1. The third-order valence-electron chi connectivity index (χ3n) is 3.15. The van der Waals surface area contributed by atoms with Crippen molar-refractivity contribution in [2.45, 2.75) is 26.3 Å². The van der Waals surface area contributed by atoms with Crippen LogP contribution in [0, 0.1) is 17.2 Å². The van der Waals surface area contributed by atoms with Crippen molar-refractivity contribution in [2.75, 3.05) is 12.4 Å². The highest BCUT2D eigenvalue weighted by Gasteiger charge is 2.18. The minimum atomic E-state index is -1.03. The molecule has 1 amide bonds. The molecule has 7 heteroatoms. The van der Waals surface area contributed by atoms with E-state index in [1.165, 1.54) is 7.11 Å². The van der Waals surface area contributed by atoms with E-state index in [0.717, 1.165) is 6.20 Å². The first-order valence-electron chi connectivity index (χ1n) is 7.42. The lowest BCUT2D eigenvalue weighted by Gasteiger charge is -2.15. The molecule has 0 aliphatic rings. The monoisotopic (exact) mass is 331 g/mol. The lowest BCUT2D eigenvalue weighted by atomic mass is 10.0. The second-order valence-corrected chi connectivity index (χ2v) is 5.54. The SMILES string of the molecule is COc1ccc(NC(=O)/C(C#N)=C\NC(CC(C)C)C(=O)O)cc1. The first-order chi connectivity index (χ1) is 11.4. The summed E-state index contributed by atoms with van der Waals surface area (Å²) in [6, 6.07) is 7.52. The van der Waals surface area contributed by atoms with E-state index in [9.17, 15) is 9.59 Å². The number of amides is 1. The average molecular weight is 331 g/mol. The van der Waals surface area contributed by atoms with Crippen LogP contribution in [0.2, 0.25) is 0 Å². The fraction of sp³-hybridized carbons (Fsp3) is 0.353. The summed E-state index contributed by atoms with van der Waals surface area (Å²) in [5.74, 6) is -0.856. The number of aliphatic carboxylic acids is 1. The Kier molecular flexibility index (Phi) is 7.30. The van der Waals surface area contributed by atoms with Crippen LogP contribution in [0.1, 0.15) is 20.3 Å². The molecule has 0 saturated heterocycles. The summed E-state index contributed by atoms with van der Waals surface area (Å²) in [5, 5.41) is 23.4. The molecule has 0 spiro atoms. The molecule has 1 rings (SSSR count). The lowest BCUT2D eigenvalue weighted by molar-refractivity contribution is -0.139. The standard InChI is InChI=1S/C17H21N3O4/c1-11(2)8-15(17(22)23)19-10-12(9-18)16(21)20-13-4-6-14(24-3)7-5-13/h4-7,10-11,15,19H,8H2,1-3H3,(H,20,21)(H,22,23)/b12-10-. The van der Waals surface area contributed by atoms with Gasteiger partial charge in [-0.1, -0.05) is 13.8 Å². The molecule has 0 saturated carbocycles. The number of carboxylic acids is 1. The predicted molar refractivity (Wildman–Crippen MR) is 89.3 cm³/mol. The Bertz CT molecular complexity index is 645. The zero-order chi connectivity index (χ0) is 18.1. The van der Waals surface area contributed by atoms with Crippen LogP contribution < -0.4 is 15.4 Å². The van der Waals surface area contributed by atoms with Gasteiger partial charge in [0.15, 0.2) is 0 Å². The maximum absolute atomic E-state index is 12.1. The molecule has 128 valence electrons. The van der Waals surface area contributed by atoms with Crippen molar-refractivity contribution in [1.29, 1.82) is 5.26 Å². The minimum Gasteiger partial charge on any atom is -0.497 e. The van der Waals surface area contributed by atoms with E-state index in [-0.39, 0.29) is 11.5 Å². The Hall–Kier alpha value is -3.01. The smallest absolute Gasteiger partial charge is 0.326 e. The number of anilines is 1. The largest absolute Gasteiger partial charge is 0.497 e. The third-order valence-corrected chi connectivity index (χ3v) is 3.15. The maximum Gasteiger partial charge on any atom is 0.326 e. The van der Waals surface area contributed by atoms with Crippen molar-refractivity contribution in [3.63, 3.8) is 0 Å². The number of rotatable bonds is 8. The van der Waals surface area contributed by atoms with Crippen molar-refractivity contribution in [3.8, 4) is 11.8 Å². The van der Waals surface area contributed by atoms with E-state index in [4.69, 9.17) is 15.1 Å². The van der Waals surface area contributed by atoms with Crippen molar-refractivity contribution in [2.24, 2.45) is 5.92 Å². The molecule has 1 aromatic carbocycles. The van der Waals surface area contributed by atoms with Gasteiger partial charge in [-0.3, -0.25) is 4.79 Å². The molecule has 1 aromatic rings. The van der Waals surface area contributed by atoms with E-state index < -0.39 is 17.9 Å². The molecule has 0 aliphatic carbocycles. The molecule has 24 heavy (non-hydrogen) atoms. The van der Waals surface area contributed by atoms with Crippen LogP contribution in [0.4, 0.5) is 5.69 Å². The Labute approximate surface area is 140 Å². The van der Waals surface area contributed by atoms with Crippen LogP contribution in [0.5, 0.6) is 5.75 Å². The summed E-state index contributed by atoms with van der Waals surface area (Å²) in [6.07, 6.45) is 1.52. The number of carbonyl (C=O) groups is 2. The van der Waals surface area contributed by atoms with Gasteiger partial charge in [0.1, 0.15) is 23.4 Å². The number of nitrogens with zero attached hydrogens (tertiary/aromatic N) is 1. The number of hydrogen-bond donors (Lipinski definition) is 3. The van der Waals surface area contributed by atoms with Gasteiger partial charge in [0.2, 0.25) is 0 Å². The molecule has 1 unspecified atom stereocenters. The van der Waals surface area contributed by atoms with Gasteiger partial charge < -0.3 is 20.5 Å². The molecular weight excluding hydrogens is 310 g/mol. The fourth-order valence-corrected chi connectivity index (χ4v) is 1.92. The number of carboxylic acid groups (broad SMARTS) is 1. The lowest BCUT2D eigenvalue weighted by Crippen LogP contribution is -2.35. The Morgan fingerprint density at radius 3 is 2.42 bits per heavy atom. The highest BCUT2D eigenvalue weighted by Crippen LogP contribution is 2.15. The Morgan fingerprint density at radius 1 is 1.33 bits per heavy atom. The number of ether oxygens (including phenoxy) is 1. The van der Waals surface area contributed by atoms with Gasteiger partial charge in [-0.25, -0.2) is 4.79 Å². The molecule has 0 heterocycles. The molecular formula is C17H21N3O4. The summed E-state index contributed by atoms with van der Waals surface area (Å²) in [6.45, 7) is 3.78. The topological polar surface area (TPSA) is 111 Å². The predicted octanol–water partition coefficient (Wildman–Crippen LogP) is 2.13. The van der Waals surface area contributed by atoms with E-state index in [2.05, 4.69) is 10.6 Å². The van der Waals surface area contributed by atoms with E-state index in [1.54, 1.807) is 30.3 Å². The average Bonchev–Trinajstić information content (AvgIpc) is 2.54. The van der Waals surface area contributed by atoms with Crippen LogP contribution >= 0.6 is 0 Å². The third kappa shape index (κ3) is 6.01.